The van der Waals surface area contributed by atoms with Gasteiger partial charge in [0.2, 0.25) is 0 Å². The summed E-state index contributed by atoms with van der Waals surface area (Å²) in [5.74, 6) is 2.63. The molecule has 0 amide bonds. The zero-order chi connectivity index (χ0) is 28.8. The van der Waals surface area contributed by atoms with Gasteiger partial charge in [-0.2, -0.15) is 4.98 Å². The molecule has 2 aliphatic rings. The first kappa shape index (κ1) is 28.9. The second-order valence-electron chi connectivity index (χ2n) is 11.9. The first-order valence-electron chi connectivity index (χ1n) is 15.4. The molecule has 1 aromatic heterocycles. The molecule has 216 valence electrons. The minimum atomic E-state index is -0.767. The number of fused-ring (bicyclic) bond motifs is 1. The lowest BCUT2D eigenvalue weighted by Gasteiger charge is -2.24. The van der Waals surface area contributed by atoms with Crippen LogP contribution in [0, 0.1) is 25.7 Å². The number of carboxylic acid groups (broad SMARTS) is 1. The monoisotopic (exact) mass is 554 g/mol. The van der Waals surface area contributed by atoms with Crippen molar-refractivity contribution in [3.63, 3.8) is 0 Å². The van der Waals surface area contributed by atoms with E-state index >= 15 is 0 Å². The van der Waals surface area contributed by atoms with Gasteiger partial charge in [-0.25, -0.2) is 4.79 Å². The molecule has 5 rings (SSSR count). The maximum atomic E-state index is 12.0. The normalized spacial score (nSPS) is 18.4. The van der Waals surface area contributed by atoms with Gasteiger partial charge in [-0.05, 0) is 98.3 Å². The number of rotatable bonds is 12. The van der Waals surface area contributed by atoms with E-state index < -0.39 is 5.97 Å². The average molecular weight is 555 g/mol. The fourth-order valence-electron chi connectivity index (χ4n) is 6.31. The highest BCUT2D eigenvalue weighted by molar-refractivity contribution is 5.94. The number of carbonyl (C=O) groups is 1. The van der Waals surface area contributed by atoms with Crippen molar-refractivity contribution in [2.45, 2.75) is 91.6 Å². The molecule has 0 radical (unpaired) electrons. The lowest BCUT2D eigenvalue weighted by atomic mass is 9.80. The highest BCUT2D eigenvalue weighted by Crippen LogP contribution is 2.34. The summed E-state index contributed by atoms with van der Waals surface area (Å²) >= 11 is 0. The Morgan fingerprint density at radius 1 is 1.10 bits per heavy atom. The van der Waals surface area contributed by atoms with E-state index in [1.165, 1.54) is 23.1 Å². The van der Waals surface area contributed by atoms with Crippen LogP contribution in [0.15, 0.2) is 64.3 Å². The molecule has 0 fully saturated rings. The number of aromatic amines is 1. The molecule has 0 aliphatic heterocycles. The Labute approximate surface area is 244 Å². The standard InChI is InChI=1S/C36H43NO4/c1-4-26-16-17-28-21-29(33(36(38)39)22-31(28)19-26)13-7-5-6-11-27-12-9-15-32(20-27)40-23-34-25(3)41-35(37-34)30-14-8-10-24(2)18-30/h8,10,14,16-20,22,27,29H,4-7,9,11-13,15,21,23H2,1-3H3,(H,38,39)/p+1/t27-,29?/m1/s1. The van der Waals surface area contributed by atoms with Gasteiger partial charge in [0.1, 0.15) is 0 Å². The molecule has 2 atom stereocenters. The topological polar surface area (TPSA) is 73.8 Å². The summed E-state index contributed by atoms with van der Waals surface area (Å²) in [6.07, 6.45) is 14.9. The number of aromatic nitrogens is 1. The summed E-state index contributed by atoms with van der Waals surface area (Å²) in [4.78, 5) is 15.4. The Bertz CT molecular complexity index is 1430. The second-order valence-corrected chi connectivity index (χ2v) is 11.9. The molecule has 0 saturated carbocycles. The summed E-state index contributed by atoms with van der Waals surface area (Å²) in [6, 6.07) is 14.8. The van der Waals surface area contributed by atoms with Crippen LogP contribution >= 0.6 is 0 Å². The van der Waals surface area contributed by atoms with Crippen molar-refractivity contribution in [1.82, 2.24) is 0 Å². The number of nitrogens with one attached hydrogen (secondary N) is 1. The van der Waals surface area contributed by atoms with E-state index in [1.54, 1.807) is 0 Å². The highest BCUT2D eigenvalue weighted by Gasteiger charge is 2.26. The number of aryl methyl sites for hydroxylation is 3. The average Bonchev–Trinajstić information content (AvgIpc) is 3.35. The predicted octanol–water partition coefficient (Wildman–Crippen LogP) is 8.43. The molecule has 41 heavy (non-hydrogen) atoms. The molecular formula is C36H44NO4+. The zero-order valence-corrected chi connectivity index (χ0v) is 24.8. The van der Waals surface area contributed by atoms with Crippen molar-refractivity contribution in [1.29, 1.82) is 0 Å². The molecule has 0 bridgehead atoms. The SMILES string of the molecule is CCc1ccc2c(c1)C=C(C(=O)O)C(CCCCC[C@H]1C=C(OCc3[nH+]c(-c4cccc(C)c4)oc3C)CCC1)C2. The van der Waals surface area contributed by atoms with Crippen molar-refractivity contribution in [2.24, 2.45) is 11.8 Å². The minimum Gasteiger partial charge on any atom is -0.487 e. The number of aliphatic carboxylic acids is 1. The number of H-pyrrole nitrogens is 1. The second kappa shape index (κ2) is 13.4. The predicted molar refractivity (Wildman–Crippen MR) is 162 cm³/mol. The number of hydrogen-bond acceptors (Lipinski definition) is 3. The summed E-state index contributed by atoms with van der Waals surface area (Å²) < 4.78 is 12.2. The number of benzene rings is 2. The van der Waals surface area contributed by atoms with Gasteiger partial charge in [0.15, 0.2) is 12.4 Å². The van der Waals surface area contributed by atoms with E-state index in [-0.39, 0.29) is 5.92 Å². The van der Waals surface area contributed by atoms with Crippen molar-refractivity contribution >= 4 is 12.0 Å². The van der Waals surface area contributed by atoms with Crippen molar-refractivity contribution in [3.05, 3.63) is 93.6 Å². The van der Waals surface area contributed by atoms with E-state index in [1.807, 2.05) is 19.1 Å². The quantitative estimate of drug-likeness (QED) is 0.228. The third-order valence-electron chi connectivity index (χ3n) is 8.76. The Morgan fingerprint density at radius 2 is 1.95 bits per heavy atom. The number of allylic oxidation sites excluding steroid dienone is 2. The maximum absolute atomic E-state index is 12.0. The summed E-state index contributed by atoms with van der Waals surface area (Å²) in [7, 11) is 0. The van der Waals surface area contributed by atoms with Crippen LogP contribution in [-0.4, -0.2) is 11.1 Å². The van der Waals surface area contributed by atoms with Crippen LogP contribution in [0.5, 0.6) is 0 Å². The van der Waals surface area contributed by atoms with Crippen molar-refractivity contribution in [3.8, 4) is 11.5 Å². The Balaban J connectivity index is 1.08. The molecule has 2 N–H and O–H groups in total. The molecular weight excluding hydrogens is 510 g/mol. The third kappa shape index (κ3) is 7.38. The molecule has 0 saturated heterocycles. The first-order valence-corrected chi connectivity index (χ1v) is 15.4. The van der Waals surface area contributed by atoms with Crippen LogP contribution in [0.4, 0.5) is 0 Å². The number of oxazole rings is 1. The van der Waals surface area contributed by atoms with Gasteiger partial charge >= 0.3 is 11.9 Å². The fraction of sp³-hybridized carbons (Fsp3) is 0.444. The van der Waals surface area contributed by atoms with Crippen LogP contribution in [0.2, 0.25) is 0 Å². The molecule has 1 unspecified atom stereocenters. The lowest BCUT2D eigenvalue weighted by Crippen LogP contribution is -2.19. The largest absolute Gasteiger partial charge is 0.487 e. The minimum absolute atomic E-state index is 0.108. The number of unbranched alkanes of at least 4 members (excludes halogenated alkanes) is 2. The molecule has 1 heterocycles. The Morgan fingerprint density at radius 3 is 2.76 bits per heavy atom. The molecule has 5 heteroatoms. The summed E-state index contributed by atoms with van der Waals surface area (Å²) in [6.45, 7) is 6.69. The number of carboxylic acids is 1. The third-order valence-corrected chi connectivity index (χ3v) is 8.76. The van der Waals surface area contributed by atoms with Crippen LogP contribution in [0.1, 0.15) is 92.0 Å². The van der Waals surface area contributed by atoms with Gasteiger partial charge < -0.3 is 14.3 Å². The van der Waals surface area contributed by atoms with E-state index in [0.29, 0.717) is 18.1 Å². The molecule has 2 aliphatic carbocycles. The van der Waals surface area contributed by atoms with Gasteiger partial charge in [0, 0.05) is 18.9 Å². The summed E-state index contributed by atoms with van der Waals surface area (Å²) in [5.41, 5.74) is 7.45. The number of ether oxygens (including phenoxy) is 1. The van der Waals surface area contributed by atoms with Crippen LogP contribution < -0.4 is 4.98 Å². The van der Waals surface area contributed by atoms with Crippen LogP contribution in [-0.2, 0) is 29.0 Å². The molecule has 3 aromatic rings. The van der Waals surface area contributed by atoms with E-state index in [0.717, 1.165) is 92.0 Å². The van der Waals surface area contributed by atoms with Gasteiger partial charge in [0.25, 0.3) is 5.69 Å². The highest BCUT2D eigenvalue weighted by atomic mass is 16.5. The first-order chi connectivity index (χ1) is 19.9. The molecule has 0 spiro atoms. The van der Waals surface area contributed by atoms with Gasteiger partial charge in [-0.3, -0.25) is 0 Å². The van der Waals surface area contributed by atoms with Gasteiger partial charge in [-0.15, -0.1) is 0 Å². The van der Waals surface area contributed by atoms with E-state index in [4.69, 9.17) is 9.15 Å². The van der Waals surface area contributed by atoms with Crippen molar-refractivity contribution < 1.29 is 24.0 Å². The Kier molecular flexibility index (Phi) is 9.43. The van der Waals surface area contributed by atoms with E-state index in [9.17, 15) is 9.90 Å². The zero-order valence-electron chi connectivity index (χ0n) is 24.8. The fourth-order valence-corrected chi connectivity index (χ4v) is 6.31. The van der Waals surface area contributed by atoms with Crippen LogP contribution in [0.25, 0.3) is 17.5 Å². The lowest BCUT2D eigenvalue weighted by molar-refractivity contribution is -0.385. The Hall–Kier alpha value is -3.60. The maximum Gasteiger partial charge on any atom is 0.379 e. The molecule has 2 aromatic carbocycles. The molecule has 5 nitrogen and oxygen atoms in total. The summed E-state index contributed by atoms with van der Waals surface area (Å²) in [5, 5.41) is 9.86. The van der Waals surface area contributed by atoms with Crippen LogP contribution in [0.3, 0.4) is 0 Å². The van der Waals surface area contributed by atoms with Crippen molar-refractivity contribution in [2.75, 3.05) is 0 Å². The van der Waals surface area contributed by atoms with Gasteiger partial charge in [0.05, 0.1) is 11.3 Å². The van der Waals surface area contributed by atoms with E-state index in [2.05, 4.69) is 61.3 Å². The van der Waals surface area contributed by atoms with Gasteiger partial charge in [-0.1, -0.05) is 62.1 Å². The number of hydrogen-bond donors (Lipinski definition) is 1. The smallest absolute Gasteiger partial charge is 0.379 e.